The number of aliphatic hydroxyl groups is 1. The van der Waals surface area contributed by atoms with Gasteiger partial charge in [0.2, 0.25) is 0 Å². The highest BCUT2D eigenvalue weighted by atomic mass is 19.1. The number of aryl methyl sites for hydroxylation is 1. The highest BCUT2D eigenvalue weighted by molar-refractivity contribution is 5.90. The van der Waals surface area contributed by atoms with Gasteiger partial charge in [-0.2, -0.15) is 0 Å². The SMILES string of the molecule is CCCOc1ccc(NC(=O)NCC(O)c2ccc(F)cc2)c(C)c1. The molecule has 1 unspecified atom stereocenters. The maximum atomic E-state index is 12.9. The van der Waals surface area contributed by atoms with E-state index in [1.165, 1.54) is 24.3 Å². The number of aliphatic hydroxyl groups excluding tert-OH is 1. The van der Waals surface area contributed by atoms with Crippen LogP contribution in [0.2, 0.25) is 0 Å². The molecule has 0 saturated heterocycles. The second-order valence-electron chi connectivity index (χ2n) is 5.73. The van der Waals surface area contributed by atoms with Crippen LogP contribution in [0, 0.1) is 12.7 Å². The monoisotopic (exact) mass is 346 g/mol. The highest BCUT2D eigenvalue weighted by Crippen LogP contribution is 2.21. The lowest BCUT2D eigenvalue weighted by molar-refractivity contribution is 0.175. The molecule has 0 bridgehead atoms. The third-order valence-corrected chi connectivity index (χ3v) is 3.63. The first-order valence-corrected chi connectivity index (χ1v) is 8.21. The van der Waals surface area contributed by atoms with Crippen LogP contribution < -0.4 is 15.4 Å². The number of amides is 2. The number of carbonyl (C=O) groups is 1. The van der Waals surface area contributed by atoms with Crippen molar-refractivity contribution in [3.63, 3.8) is 0 Å². The van der Waals surface area contributed by atoms with E-state index in [4.69, 9.17) is 4.74 Å². The fourth-order valence-electron chi connectivity index (χ4n) is 2.24. The van der Waals surface area contributed by atoms with Gasteiger partial charge in [-0.05, 0) is 54.8 Å². The van der Waals surface area contributed by atoms with Crippen LogP contribution in [-0.4, -0.2) is 24.3 Å². The van der Waals surface area contributed by atoms with Crippen molar-refractivity contribution in [2.75, 3.05) is 18.5 Å². The minimum Gasteiger partial charge on any atom is -0.494 e. The summed E-state index contributed by atoms with van der Waals surface area (Å²) in [6.45, 7) is 4.58. The number of halogens is 1. The van der Waals surface area contributed by atoms with Crippen molar-refractivity contribution >= 4 is 11.7 Å². The van der Waals surface area contributed by atoms with Gasteiger partial charge < -0.3 is 20.5 Å². The Balaban J connectivity index is 1.86. The van der Waals surface area contributed by atoms with E-state index in [0.29, 0.717) is 17.9 Å². The largest absolute Gasteiger partial charge is 0.494 e. The van der Waals surface area contributed by atoms with Crippen LogP contribution in [0.4, 0.5) is 14.9 Å². The van der Waals surface area contributed by atoms with E-state index in [1.807, 2.05) is 19.9 Å². The second kappa shape index (κ2) is 9.03. The van der Waals surface area contributed by atoms with Crippen molar-refractivity contribution in [3.8, 4) is 5.75 Å². The van der Waals surface area contributed by atoms with Crippen LogP contribution in [0.5, 0.6) is 5.75 Å². The zero-order valence-electron chi connectivity index (χ0n) is 14.4. The standard InChI is InChI=1S/C19H23FN2O3/c1-3-10-25-16-8-9-17(13(2)11-16)22-19(24)21-12-18(23)14-4-6-15(20)7-5-14/h4-9,11,18,23H,3,10,12H2,1-2H3,(H2,21,22,24). The number of hydrogen-bond donors (Lipinski definition) is 3. The first-order valence-electron chi connectivity index (χ1n) is 8.21. The van der Waals surface area contributed by atoms with Gasteiger partial charge in [0.05, 0.1) is 12.7 Å². The van der Waals surface area contributed by atoms with Crippen LogP contribution >= 0.6 is 0 Å². The van der Waals surface area contributed by atoms with Gasteiger partial charge in [-0.15, -0.1) is 0 Å². The van der Waals surface area contributed by atoms with Crippen molar-refractivity contribution in [3.05, 3.63) is 59.4 Å². The van der Waals surface area contributed by atoms with E-state index in [2.05, 4.69) is 10.6 Å². The van der Waals surface area contributed by atoms with Crippen molar-refractivity contribution < 1.29 is 19.0 Å². The van der Waals surface area contributed by atoms with E-state index in [9.17, 15) is 14.3 Å². The van der Waals surface area contributed by atoms with Crippen molar-refractivity contribution in [1.29, 1.82) is 0 Å². The predicted octanol–water partition coefficient (Wildman–Crippen LogP) is 3.78. The van der Waals surface area contributed by atoms with Gasteiger partial charge in [0.1, 0.15) is 11.6 Å². The quantitative estimate of drug-likeness (QED) is 0.714. The summed E-state index contributed by atoms with van der Waals surface area (Å²) in [5.41, 5.74) is 2.08. The minimum absolute atomic E-state index is 0.0220. The molecular weight excluding hydrogens is 323 g/mol. The lowest BCUT2D eigenvalue weighted by Gasteiger charge is -2.14. The Kier molecular flexibility index (Phi) is 6.77. The Morgan fingerprint density at radius 1 is 1.24 bits per heavy atom. The van der Waals surface area contributed by atoms with E-state index in [0.717, 1.165) is 17.7 Å². The molecule has 0 saturated carbocycles. The molecule has 134 valence electrons. The summed E-state index contributed by atoms with van der Waals surface area (Å²) in [6.07, 6.45) is 0.0231. The van der Waals surface area contributed by atoms with Gasteiger partial charge in [-0.3, -0.25) is 0 Å². The summed E-state index contributed by atoms with van der Waals surface area (Å²) < 4.78 is 18.4. The molecule has 0 aliphatic rings. The summed E-state index contributed by atoms with van der Waals surface area (Å²) in [7, 11) is 0. The molecular formula is C19H23FN2O3. The fraction of sp³-hybridized carbons (Fsp3) is 0.316. The number of carbonyl (C=O) groups excluding carboxylic acids is 1. The second-order valence-corrected chi connectivity index (χ2v) is 5.73. The van der Waals surface area contributed by atoms with Gasteiger partial charge in [0, 0.05) is 12.2 Å². The summed E-state index contributed by atoms with van der Waals surface area (Å²) in [5, 5.41) is 15.3. The summed E-state index contributed by atoms with van der Waals surface area (Å²) in [5.74, 6) is 0.389. The van der Waals surface area contributed by atoms with Crippen molar-refractivity contribution in [1.82, 2.24) is 5.32 Å². The van der Waals surface area contributed by atoms with Gasteiger partial charge in [-0.1, -0.05) is 19.1 Å². The van der Waals surface area contributed by atoms with Crippen LogP contribution in [0.15, 0.2) is 42.5 Å². The van der Waals surface area contributed by atoms with Gasteiger partial charge in [0.25, 0.3) is 0 Å². The number of benzene rings is 2. The molecule has 0 fully saturated rings. The van der Waals surface area contributed by atoms with Gasteiger partial charge in [-0.25, -0.2) is 9.18 Å². The predicted molar refractivity (Wildman–Crippen MR) is 95.3 cm³/mol. The summed E-state index contributed by atoms with van der Waals surface area (Å²) in [6, 6.07) is 10.5. The van der Waals surface area contributed by atoms with Crippen LogP contribution in [0.1, 0.15) is 30.6 Å². The van der Waals surface area contributed by atoms with Gasteiger partial charge in [0.15, 0.2) is 0 Å². The molecule has 25 heavy (non-hydrogen) atoms. The molecule has 2 aromatic carbocycles. The molecule has 0 aromatic heterocycles. The number of urea groups is 1. The third kappa shape index (κ3) is 5.76. The van der Waals surface area contributed by atoms with E-state index >= 15 is 0 Å². The molecule has 2 amide bonds. The van der Waals surface area contributed by atoms with E-state index < -0.39 is 12.1 Å². The molecule has 5 nitrogen and oxygen atoms in total. The maximum absolute atomic E-state index is 12.9. The number of anilines is 1. The number of hydrogen-bond acceptors (Lipinski definition) is 3. The Hall–Kier alpha value is -2.60. The molecule has 0 heterocycles. The first-order chi connectivity index (χ1) is 12.0. The van der Waals surface area contributed by atoms with Crippen LogP contribution in [0.3, 0.4) is 0 Å². The molecule has 0 aliphatic carbocycles. The maximum Gasteiger partial charge on any atom is 0.319 e. The topological polar surface area (TPSA) is 70.6 Å². The van der Waals surface area contributed by atoms with E-state index in [-0.39, 0.29) is 12.4 Å². The Morgan fingerprint density at radius 3 is 2.60 bits per heavy atom. The fourth-order valence-corrected chi connectivity index (χ4v) is 2.24. The molecule has 3 N–H and O–H groups in total. The Labute approximate surface area is 146 Å². The average Bonchev–Trinajstić information content (AvgIpc) is 2.60. The molecule has 2 rings (SSSR count). The van der Waals surface area contributed by atoms with E-state index in [1.54, 1.807) is 12.1 Å². The van der Waals surface area contributed by atoms with Gasteiger partial charge >= 0.3 is 6.03 Å². The minimum atomic E-state index is -0.905. The zero-order valence-corrected chi connectivity index (χ0v) is 14.4. The summed E-state index contributed by atoms with van der Waals surface area (Å²) in [4.78, 5) is 12.0. The molecule has 0 aliphatic heterocycles. The lowest BCUT2D eigenvalue weighted by Crippen LogP contribution is -2.32. The number of ether oxygens (including phenoxy) is 1. The molecule has 2 aromatic rings. The smallest absolute Gasteiger partial charge is 0.319 e. The first kappa shape index (κ1) is 18.7. The number of nitrogens with one attached hydrogen (secondary N) is 2. The molecule has 0 spiro atoms. The normalized spacial score (nSPS) is 11.7. The zero-order chi connectivity index (χ0) is 18.2. The lowest BCUT2D eigenvalue weighted by atomic mass is 10.1. The van der Waals surface area contributed by atoms with Crippen molar-refractivity contribution in [2.45, 2.75) is 26.4 Å². The highest BCUT2D eigenvalue weighted by Gasteiger charge is 2.11. The molecule has 0 radical (unpaired) electrons. The summed E-state index contributed by atoms with van der Waals surface area (Å²) >= 11 is 0. The van der Waals surface area contributed by atoms with Crippen LogP contribution in [0.25, 0.3) is 0 Å². The Morgan fingerprint density at radius 2 is 1.96 bits per heavy atom. The number of rotatable bonds is 7. The van der Waals surface area contributed by atoms with Crippen LogP contribution in [-0.2, 0) is 0 Å². The third-order valence-electron chi connectivity index (χ3n) is 3.63. The Bertz CT molecular complexity index is 704. The van der Waals surface area contributed by atoms with Crippen molar-refractivity contribution in [2.24, 2.45) is 0 Å². The molecule has 1 atom stereocenters. The average molecular weight is 346 g/mol. The molecule has 6 heteroatoms.